The van der Waals surface area contributed by atoms with E-state index in [2.05, 4.69) is 23.8 Å². The van der Waals surface area contributed by atoms with Gasteiger partial charge in [-0.2, -0.15) is 0 Å². The lowest BCUT2D eigenvalue weighted by molar-refractivity contribution is 0.677. The molecule has 0 saturated heterocycles. The van der Waals surface area contributed by atoms with Crippen LogP contribution in [0, 0.1) is 6.92 Å². The number of nitrogens with two attached hydrogens (primary N) is 1. The molecule has 0 spiro atoms. The predicted molar refractivity (Wildman–Crippen MR) is 61.0 cm³/mol. The van der Waals surface area contributed by atoms with Crippen LogP contribution in [0.3, 0.4) is 0 Å². The number of rotatable bonds is 2. The molecular weight excluding hydrogens is 210 g/mol. The number of hydrogen-bond acceptors (Lipinski definition) is 3. The monoisotopic (exact) mass is 225 g/mol. The van der Waals surface area contributed by atoms with Crippen molar-refractivity contribution in [3.8, 4) is 0 Å². The van der Waals surface area contributed by atoms with Crippen LogP contribution in [-0.2, 0) is 5.54 Å². The Morgan fingerprint density at radius 2 is 1.93 bits per heavy atom. The Hall–Kier alpha value is -0.670. The second-order valence-electron chi connectivity index (χ2n) is 4.63. The van der Waals surface area contributed by atoms with Crippen molar-refractivity contribution >= 4 is 11.6 Å². The normalized spacial score (nSPS) is 18.3. The molecule has 4 heteroatoms. The summed E-state index contributed by atoms with van der Waals surface area (Å²) in [6.07, 6.45) is 1.97. The van der Waals surface area contributed by atoms with Crippen LogP contribution in [0.15, 0.2) is 0 Å². The second kappa shape index (κ2) is 3.42. The quantitative estimate of drug-likeness (QED) is 0.787. The van der Waals surface area contributed by atoms with Gasteiger partial charge in [-0.25, -0.2) is 9.97 Å². The molecule has 0 bridgehead atoms. The Morgan fingerprint density at radius 1 is 1.33 bits per heavy atom. The van der Waals surface area contributed by atoms with Gasteiger partial charge >= 0.3 is 0 Å². The summed E-state index contributed by atoms with van der Waals surface area (Å²) in [4.78, 5) is 8.66. The second-order valence-corrected chi connectivity index (χ2v) is 4.99. The summed E-state index contributed by atoms with van der Waals surface area (Å²) >= 11 is 6.17. The minimum atomic E-state index is -0.260. The van der Waals surface area contributed by atoms with Gasteiger partial charge in [-0.3, -0.25) is 0 Å². The SMILES string of the molecule is Cc1nc(Cl)c(C2(N)CC2)c(C(C)C)n1. The highest BCUT2D eigenvalue weighted by Crippen LogP contribution is 2.47. The Bertz CT molecular complexity index is 397. The first-order chi connectivity index (χ1) is 6.94. The topological polar surface area (TPSA) is 51.8 Å². The number of aromatic nitrogens is 2. The third-order valence-corrected chi connectivity index (χ3v) is 3.11. The van der Waals surface area contributed by atoms with Crippen molar-refractivity contribution in [3.05, 3.63) is 22.2 Å². The molecule has 0 amide bonds. The first-order valence-corrected chi connectivity index (χ1v) is 5.65. The zero-order valence-corrected chi connectivity index (χ0v) is 10.1. The smallest absolute Gasteiger partial charge is 0.138 e. The average Bonchev–Trinajstić information content (AvgIpc) is 2.82. The van der Waals surface area contributed by atoms with Gasteiger partial charge in [0.1, 0.15) is 11.0 Å². The van der Waals surface area contributed by atoms with Crippen LogP contribution in [-0.4, -0.2) is 9.97 Å². The largest absolute Gasteiger partial charge is 0.321 e. The van der Waals surface area contributed by atoms with E-state index in [1.165, 1.54) is 0 Å². The Balaban J connectivity index is 2.60. The van der Waals surface area contributed by atoms with Crippen LogP contribution >= 0.6 is 11.6 Å². The van der Waals surface area contributed by atoms with E-state index in [9.17, 15) is 0 Å². The van der Waals surface area contributed by atoms with Crippen LogP contribution in [0.4, 0.5) is 0 Å². The molecule has 0 radical (unpaired) electrons. The van der Waals surface area contributed by atoms with E-state index < -0.39 is 0 Å². The highest BCUT2D eigenvalue weighted by molar-refractivity contribution is 6.30. The molecule has 1 aromatic rings. The Labute approximate surface area is 95.1 Å². The maximum atomic E-state index is 6.19. The third kappa shape index (κ3) is 1.86. The van der Waals surface area contributed by atoms with E-state index in [0.717, 1.165) is 29.9 Å². The standard InChI is InChI=1S/C11H16ClN3/c1-6(2)9-8(11(13)4-5-11)10(12)15-7(3)14-9/h6H,4-5,13H2,1-3H3. The molecule has 1 saturated carbocycles. The molecule has 82 valence electrons. The molecule has 0 atom stereocenters. The van der Waals surface area contributed by atoms with E-state index in [0.29, 0.717) is 11.1 Å². The zero-order valence-electron chi connectivity index (χ0n) is 9.34. The summed E-state index contributed by atoms with van der Waals surface area (Å²) in [5.41, 5.74) is 7.90. The van der Waals surface area contributed by atoms with Gasteiger partial charge < -0.3 is 5.73 Å². The molecule has 0 unspecified atom stereocenters. The van der Waals surface area contributed by atoms with Gasteiger partial charge in [-0.15, -0.1) is 0 Å². The number of aryl methyl sites for hydroxylation is 1. The van der Waals surface area contributed by atoms with Crippen LogP contribution in [0.25, 0.3) is 0 Å². The Morgan fingerprint density at radius 3 is 2.40 bits per heavy atom. The summed E-state index contributed by atoms with van der Waals surface area (Å²) in [5.74, 6) is 1.05. The molecule has 2 rings (SSSR count). The van der Waals surface area contributed by atoms with Crippen molar-refractivity contribution in [1.82, 2.24) is 9.97 Å². The Kier molecular flexibility index (Phi) is 2.47. The van der Waals surface area contributed by atoms with Gasteiger partial charge in [-0.1, -0.05) is 25.4 Å². The minimum Gasteiger partial charge on any atom is -0.321 e. The molecule has 1 aromatic heterocycles. The summed E-state index contributed by atoms with van der Waals surface area (Å²) in [6, 6.07) is 0. The maximum absolute atomic E-state index is 6.19. The van der Waals surface area contributed by atoms with E-state index in [1.807, 2.05) is 6.92 Å². The van der Waals surface area contributed by atoms with Gasteiger partial charge in [0.15, 0.2) is 0 Å². The van der Waals surface area contributed by atoms with Gasteiger partial charge in [-0.05, 0) is 25.7 Å². The summed E-state index contributed by atoms with van der Waals surface area (Å²) < 4.78 is 0. The van der Waals surface area contributed by atoms with Gasteiger partial charge in [0.2, 0.25) is 0 Å². The summed E-state index contributed by atoms with van der Waals surface area (Å²) in [6.45, 7) is 6.07. The molecular formula is C11H16ClN3. The van der Waals surface area contributed by atoms with Crippen LogP contribution in [0.1, 0.15) is 49.7 Å². The van der Waals surface area contributed by atoms with Crippen molar-refractivity contribution < 1.29 is 0 Å². The first-order valence-electron chi connectivity index (χ1n) is 5.27. The number of hydrogen-bond donors (Lipinski definition) is 1. The summed E-state index contributed by atoms with van der Waals surface area (Å²) in [5, 5.41) is 0.534. The molecule has 0 aliphatic heterocycles. The zero-order chi connectivity index (χ0) is 11.2. The summed E-state index contributed by atoms with van der Waals surface area (Å²) in [7, 11) is 0. The van der Waals surface area contributed by atoms with Gasteiger partial charge in [0.25, 0.3) is 0 Å². The molecule has 15 heavy (non-hydrogen) atoms. The van der Waals surface area contributed by atoms with E-state index >= 15 is 0 Å². The molecule has 3 nitrogen and oxygen atoms in total. The van der Waals surface area contributed by atoms with Crippen molar-refractivity contribution in [3.63, 3.8) is 0 Å². The lowest BCUT2D eigenvalue weighted by Gasteiger charge is -2.18. The molecule has 1 heterocycles. The predicted octanol–water partition coefficient (Wildman–Crippen LogP) is 2.51. The molecule has 0 aromatic carbocycles. The van der Waals surface area contributed by atoms with Crippen molar-refractivity contribution in [1.29, 1.82) is 0 Å². The molecule has 2 N–H and O–H groups in total. The van der Waals surface area contributed by atoms with Crippen molar-refractivity contribution in [2.45, 2.75) is 45.1 Å². The first kappa shape index (κ1) is 10.8. The highest BCUT2D eigenvalue weighted by Gasteiger charge is 2.44. The fourth-order valence-corrected chi connectivity index (χ4v) is 2.23. The lowest BCUT2D eigenvalue weighted by atomic mass is 9.98. The van der Waals surface area contributed by atoms with E-state index in [-0.39, 0.29) is 5.54 Å². The maximum Gasteiger partial charge on any atom is 0.138 e. The fraction of sp³-hybridized carbons (Fsp3) is 0.636. The number of halogens is 1. The molecule has 1 aliphatic rings. The molecule has 1 fully saturated rings. The van der Waals surface area contributed by atoms with Crippen molar-refractivity contribution in [2.24, 2.45) is 5.73 Å². The van der Waals surface area contributed by atoms with Crippen LogP contribution in [0.2, 0.25) is 5.15 Å². The van der Waals surface area contributed by atoms with Crippen LogP contribution < -0.4 is 5.73 Å². The molecule has 1 aliphatic carbocycles. The van der Waals surface area contributed by atoms with Crippen molar-refractivity contribution in [2.75, 3.05) is 0 Å². The van der Waals surface area contributed by atoms with E-state index in [4.69, 9.17) is 17.3 Å². The van der Waals surface area contributed by atoms with Gasteiger partial charge in [0.05, 0.1) is 5.69 Å². The minimum absolute atomic E-state index is 0.260. The average molecular weight is 226 g/mol. The van der Waals surface area contributed by atoms with E-state index in [1.54, 1.807) is 0 Å². The van der Waals surface area contributed by atoms with Crippen LogP contribution in [0.5, 0.6) is 0 Å². The number of nitrogens with zero attached hydrogens (tertiary/aromatic N) is 2. The highest BCUT2D eigenvalue weighted by atomic mass is 35.5. The van der Waals surface area contributed by atoms with Gasteiger partial charge in [0, 0.05) is 11.1 Å². The fourth-order valence-electron chi connectivity index (χ4n) is 1.82. The third-order valence-electron chi connectivity index (χ3n) is 2.84. The lowest BCUT2D eigenvalue weighted by Crippen LogP contribution is -2.23.